The quantitative estimate of drug-likeness (QED) is 0.118. The molecule has 21 aromatic rings. The number of aromatic nitrogens is 8. The Hall–Kier alpha value is -13.7. The van der Waals surface area contributed by atoms with Crippen molar-refractivity contribution in [3.8, 4) is 61.6 Å². The van der Waals surface area contributed by atoms with Gasteiger partial charge in [0, 0.05) is 0 Å². The molecular weight excluding hydrogens is 3620 g/mol. The maximum absolute atomic E-state index is 5.86. The SMILES string of the molecule is Cc1cc(-c2[c-]c3c(cc2)oc2ccccc23)c[c]([BiH2])n1.Cc1cc(-c2[c-]c3c(cc2)sc2ccccc23)c[c]([BiH2])n1.Cc1cc(-c2[c-]c3c4ccccc4n(-c4ccccc4)c3cc2)c[c]([BiH2])n1.Cc1n[c]([BiH2])cc(-c2[c-]c3c(cc2)oc2ccccc23)n1.Cc1n[c]([BiH2])cc(-c2[c-]c3c(cc2)sc2ccccc23)n1.[Bk].[Bk].[Bk].[Bk].[Bk]. The van der Waals surface area contributed by atoms with Crippen LogP contribution in [0.4, 0.5) is 0 Å². The van der Waals surface area contributed by atoms with Gasteiger partial charge in [0.2, 0.25) is 0 Å². The van der Waals surface area contributed by atoms with Gasteiger partial charge in [-0.2, -0.15) is 0 Å². The molecule has 0 unspecified atom stereocenters. The zero-order chi connectivity index (χ0) is 76.0. The Bertz CT molecular complexity index is 6440. The third-order valence-electron chi connectivity index (χ3n) is 18.8. The number of fused-ring (bicyclic) bond motifs is 15. The molecule has 11 aromatic carbocycles. The maximum atomic E-state index is 5.86. The minimum Gasteiger partial charge on any atom is 0 e. The summed E-state index contributed by atoms with van der Waals surface area (Å²) in [6, 6.07) is 108. The van der Waals surface area contributed by atoms with Crippen molar-refractivity contribution in [1.29, 1.82) is 0 Å². The third kappa shape index (κ3) is 16.8. The van der Waals surface area contributed by atoms with Crippen molar-refractivity contribution in [2.75, 3.05) is 0 Å². The Morgan fingerprint density at radius 1 is 0.276 bits per heavy atom. The fourth-order valence-corrected chi connectivity index (χ4v) is 23.4. The van der Waals surface area contributed by atoms with Crippen LogP contribution < -0.4 is 17.0 Å². The largest absolute Gasteiger partial charge is 0 e. The number of nitrogens with zero attached hydrogens (tertiary/aromatic N) is 8. The molecular formula is C94H68Bi5Bk5N8O2S2-5. The van der Waals surface area contributed by atoms with E-state index in [-0.39, 0.29) is 0 Å². The van der Waals surface area contributed by atoms with Gasteiger partial charge in [-0.1, -0.05) is 0 Å². The Kier molecular flexibility index (Phi) is 24.5. The first-order valence-corrected chi connectivity index (χ1v) is 48.7. The summed E-state index contributed by atoms with van der Waals surface area (Å²) in [5.41, 5.74) is 21.3. The second kappa shape index (κ2) is 34.7. The van der Waals surface area contributed by atoms with Crippen molar-refractivity contribution < 1.29 is 8.83 Å². The van der Waals surface area contributed by atoms with Gasteiger partial charge >= 0.3 is 734 Å². The normalized spacial score (nSPS) is 10.8. The van der Waals surface area contributed by atoms with Crippen LogP contribution in [0.2, 0.25) is 0 Å². The molecule has 0 aliphatic rings. The van der Waals surface area contributed by atoms with Crippen LogP contribution in [0.5, 0.6) is 0 Å². The van der Waals surface area contributed by atoms with Gasteiger partial charge in [0.15, 0.2) is 0 Å². The minimum atomic E-state index is 0. The molecule has 21 rings (SSSR count). The number of para-hydroxylation sites is 4. The van der Waals surface area contributed by atoms with Crippen LogP contribution in [-0.4, -0.2) is 163 Å². The molecule has 0 aliphatic carbocycles. The van der Waals surface area contributed by atoms with E-state index in [0.717, 1.165) is 212 Å². The number of hydrogen-bond acceptors (Lipinski definition) is 11. The third-order valence-corrected chi connectivity index (χ3v) is 26.9. The number of pyridine rings is 3. The van der Waals surface area contributed by atoms with Gasteiger partial charge in [0.05, 0.1) is 0 Å². The Morgan fingerprint density at radius 3 is 1.09 bits per heavy atom. The predicted molar refractivity (Wildman–Crippen MR) is 477 cm³/mol. The molecule has 0 spiro atoms. The number of hydrogen-bond donors (Lipinski definition) is 0. The first-order valence-electron chi connectivity index (χ1n) is 35.8. The molecule has 583 valence electrons. The maximum Gasteiger partial charge on any atom is 0 e. The fraction of sp³-hybridized carbons (Fsp3) is 0.0532. The van der Waals surface area contributed by atoms with E-state index in [1.54, 1.807) is 0 Å². The van der Waals surface area contributed by atoms with Crippen molar-refractivity contribution in [2.45, 2.75) is 34.6 Å². The minimum absolute atomic E-state index is 0. The summed E-state index contributed by atoms with van der Waals surface area (Å²) in [7, 11) is 0. The van der Waals surface area contributed by atoms with Gasteiger partial charge in [0.25, 0.3) is 0 Å². The summed E-state index contributed by atoms with van der Waals surface area (Å²) in [6.45, 7) is 10.1. The van der Waals surface area contributed by atoms with Crippen molar-refractivity contribution >= 4 is 269 Å². The van der Waals surface area contributed by atoms with Crippen LogP contribution in [0.3, 0.4) is 0 Å². The van der Waals surface area contributed by atoms with E-state index >= 15 is 0 Å². The van der Waals surface area contributed by atoms with Crippen LogP contribution in [0.15, 0.2) is 270 Å². The zero-order valence-corrected chi connectivity index (χ0v) is 101. The summed E-state index contributed by atoms with van der Waals surface area (Å²) in [5, 5.41) is 11.7. The average Bonchev–Trinajstić information content (AvgIpc) is 1.59. The second-order valence-corrected chi connectivity index (χ2v) is 40.5. The van der Waals surface area contributed by atoms with Gasteiger partial charge in [0.1, 0.15) is 0 Å². The smallest absolute Gasteiger partial charge is 0 e. The van der Waals surface area contributed by atoms with Crippen LogP contribution >= 0.6 is 22.7 Å². The monoisotopic (exact) mass is 3680 g/mol. The van der Waals surface area contributed by atoms with E-state index in [1.807, 2.05) is 98.0 Å². The summed E-state index contributed by atoms with van der Waals surface area (Å²) in [4.78, 5) is 31.5. The number of benzene rings is 11. The Labute approximate surface area is 724 Å². The van der Waals surface area contributed by atoms with Crippen LogP contribution in [0.1, 0.15) is 28.7 Å². The first-order chi connectivity index (χ1) is 54.0. The van der Waals surface area contributed by atoms with Crippen molar-refractivity contribution in [2.24, 2.45) is 0 Å². The molecule has 0 fully saturated rings. The summed E-state index contributed by atoms with van der Waals surface area (Å²) in [6.07, 6.45) is 0. The van der Waals surface area contributed by atoms with Crippen LogP contribution in [0.25, 0.3) is 168 Å². The number of aryl methyl sites for hydroxylation is 5. The molecule has 0 saturated carbocycles. The standard InChI is InChI=1S/C24H16N2.C18H11NO.C18H11NS.C17H10N2O.C17H10N2S.5Bi.5Bk.10H/c1-17-15-19(13-14-25-17)18-11-12-24-22(16-18)21-9-5-6-10-23(21)26(24)20-7-3-2-4-8-20;2*1-12-10-14(8-9-19-12)13-6-7-18-16(11-13)15-4-2-3-5-17(15)20-18;2*1-11-18-9-8-15(19-11)12-6-7-17-14(10-12)13-4-2-3-5-16(13)20-17;;;;;;;;;;;;;;;;;;;;/h2-13,15H,1H3;2*2-8,10H,1H3;2*2-8H,1H3;;;;;;;;;;;;;;;;;;;;/q5*-1;;;;;;;;;;;;;;;;;;;;. The van der Waals surface area contributed by atoms with Crippen LogP contribution in [-0.2, 0) is 0 Å². The number of thiophene rings is 2. The molecule has 116 heavy (non-hydrogen) atoms. The van der Waals surface area contributed by atoms with Gasteiger partial charge < -0.3 is 0 Å². The molecule has 10 nitrogen and oxygen atoms in total. The second-order valence-electron chi connectivity index (χ2n) is 26.9. The average molecular weight is 3690 g/mol. The molecule has 0 N–H and O–H groups in total. The Balaban J connectivity index is 0.000000133. The fourth-order valence-electron chi connectivity index (χ4n) is 14.1. The summed E-state index contributed by atoms with van der Waals surface area (Å²) >= 11 is 7.32. The van der Waals surface area contributed by atoms with E-state index in [9.17, 15) is 0 Å². The first kappa shape index (κ1) is 81.8. The van der Waals surface area contributed by atoms with Crippen LogP contribution in [0, 0.1) is 65.0 Å². The van der Waals surface area contributed by atoms with Crippen molar-refractivity contribution in [3.63, 3.8) is 0 Å². The van der Waals surface area contributed by atoms with E-state index in [0.29, 0.717) is 24.7 Å². The number of rotatable bonds is 6. The molecule has 0 aliphatic heterocycles. The molecule has 0 bridgehead atoms. The molecule has 22 heteroatoms. The molecule has 10 heterocycles. The summed E-state index contributed by atoms with van der Waals surface area (Å²) < 4.78 is 25.1. The summed E-state index contributed by atoms with van der Waals surface area (Å²) in [5.74, 6) is 1.66. The molecule has 5 radical (unpaired) electrons. The van der Waals surface area contributed by atoms with E-state index < -0.39 is 0 Å². The molecule has 0 saturated heterocycles. The van der Waals surface area contributed by atoms with E-state index in [4.69, 9.17) is 8.83 Å². The van der Waals surface area contributed by atoms with Gasteiger partial charge in [-0.3, -0.25) is 0 Å². The van der Waals surface area contributed by atoms with Gasteiger partial charge in [-0.25, -0.2) is 0 Å². The van der Waals surface area contributed by atoms with E-state index in [1.165, 1.54) is 100 Å². The Morgan fingerprint density at radius 2 is 0.629 bits per heavy atom. The molecule has 0 amide bonds. The molecule has 10 aromatic heterocycles. The zero-order valence-electron chi connectivity index (χ0n) is 62.6. The topological polar surface area (TPSA) is 121 Å². The molecule has 0 atom stereocenters. The van der Waals surface area contributed by atoms with Gasteiger partial charge in [-0.15, -0.1) is 0 Å². The van der Waals surface area contributed by atoms with Crippen molar-refractivity contribution in [1.82, 2.24) is 39.5 Å². The van der Waals surface area contributed by atoms with Gasteiger partial charge in [-0.05, 0) is 0 Å². The van der Waals surface area contributed by atoms with Crippen molar-refractivity contribution in [3.05, 3.63) is 320 Å². The number of furan rings is 2. The predicted octanol–water partition coefficient (Wildman–Crippen LogP) is 16.0. The van der Waals surface area contributed by atoms with E-state index in [2.05, 4.69) is 290 Å².